The quantitative estimate of drug-likeness (QED) is 0.322. The van der Waals surface area contributed by atoms with Crippen molar-refractivity contribution in [3.05, 3.63) is 78.1 Å². The third kappa shape index (κ3) is 7.77. The van der Waals surface area contributed by atoms with E-state index in [2.05, 4.69) is 5.32 Å². The molecule has 1 aliphatic rings. The summed E-state index contributed by atoms with van der Waals surface area (Å²) < 4.78 is 51.7. The predicted octanol–water partition coefficient (Wildman–Crippen LogP) is 6.93. The predicted molar refractivity (Wildman–Crippen MR) is 147 cm³/mol. The van der Waals surface area contributed by atoms with Crippen molar-refractivity contribution in [3.63, 3.8) is 0 Å². The van der Waals surface area contributed by atoms with Gasteiger partial charge in [-0.05, 0) is 73.9 Å². The van der Waals surface area contributed by atoms with Crippen molar-refractivity contribution in [1.82, 2.24) is 10.2 Å². The molecule has 6 nitrogen and oxygen atoms in total. The van der Waals surface area contributed by atoms with E-state index in [1.54, 1.807) is 63.2 Å². The molecule has 3 aromatic carbocycles. The maximum atomic E-state index is 13.6. The zero-order valence-electron chi connectivity index (χ0n) is 22.8. The highest BCUT2D eigenvalue weighted by Gasteiger charge is 2.35. The van der Waals surface area contributed by atoms with Gasteiger partial charge in [-0.3, -0.25) is 4.79 Å². The largest absolute Gasteiger partial charge is 0.491 e. The number of halogens is 3. The van der Waals surface area contributed by atoms with Gasteiger partial charge in [-0.25, -0.2) is 18.0 Å². The van der Waals surface area contributed by atoms with Gasteiger partial charge in [-0.1, -0.05) is 30.3 Å². The summed E-state index contributed by atoms with van der Waals surface area (Å²) in [4.78, 5) is 26.2. The van der Waals surface area contributed by atoms with Crippen molar-refractivity contribution in [3.8, 4) is 28.0 Å². The number of nitrogens with zero attached hydrogens (tertiary/aromatic N) is 1. The molecule has 1 saturated heterocycles. The van der Waals surface area contributed by atoms with E-state index in [1.807, 2.05) is 12.1 Å². The Bertz CT molecular complexity index is 1330. The van der Waals surface area contributed by atoms with E-state index >= 15 is 0 Å². The highest BCUT2D eigenvalue weighted by atomic mass is 19.3. The molecule has 4 rings (SSSR count). The molecule has 3 aromatic rings. The molecule has 1 heterocycles. The molecule has 1 aliphatic heterocycles. The number of hydrogen-bond donors (Lipinski definition) is 1. The lowest BCUT2D eigenvalue weighted by Gasteiger charge is -2.31. The van der Waals surface area contributed by atoms with Crippen LogP contribution in [0.3, 0.4) is 0 Å². The van der Waals surface area contributed by atoms with Gasteiger partial charge in [0.05, 0.1) is 6.54 Å². The van der Waals surface area contributed by atoms with E-state index in [4.69, 9.17) is 9.47 Å². The molecule has 0 unspecified atom stereocenters. The first kappa shape index (κ1) is 29.0. The van der Waals surface area contributed by atoms with Crippen LogP contribution < -0.4 is 10.1 Å². The van der Waals surface area contributed by atoms with Crippen LogP contribution in [0.2, 0.25) is 0 Å². The average Bonchev–Trinajstić information content (AvgIpc) is 2.90. The Kier molecular flexibility index (Phi) is 8.71. The second-order valence-corrected chi connectivity index (χ2v) is 10.7. The van der Waals surface area contributed by atoms with Gasteiger partial charge >= 0.3 is 6.09 Å². The summed E-state index contributed by atoms with van der Waals surface area (Å²) >= 11 is 0. The lowest BCUT2D eigenvalue weighted by atomic mass is 9.97. The summed E-state index contributed by atoms with van der Waals surface area (Å²) in [6, 6.07) is 18.6. The number of rotatable bonds is 7. The molecule has 0 saturated carbocycles. The molecule has 0 aliphatic carbocycles. The molecule has 0 bridgehead atoms. The highest BCUT2D eigenvalue weighted by molar-refractivity contribution is 5.95. The monoisotopic (exact) mass is 554 g/mol. The Morgan fingerprint density at radius 3 is 2.12 bits per heavy atom. The van der Waals surface area contributed by atoms with Crippen LogP contribution in [0, 0.1) is 5.82 Å². The minimum atomic E-state index is -2.71. The van der Waals surface area contributed by atoms with E-state index < -0.39 is 17.6 Å². The minimum absolute atomic E-state index is 0.0311. The number of carbonyl (C=O) groups excluding carboxylic acids is 2. The number of hydrogen-bond acceptors (Lipinski definition) is 4. The van der Waals surface area contributed by atoms with Crippen molar-refractivity contribution >= 4 is 12.0 Å². The summed E-state index contributed by atoms with van der Waals surface area (Å²) in [5.74, 6) is -2.79. The van der Waals surface area contributed by atoms with E-state index in [1.165, 1.54) is 17.0 Å². The Morgan fingerprint density at radius 1 is 0.900 bits per heavy atom. The van der Waals surface area contributed by atoms with Crippen LogP contribution in [0.4, 0.5) is 18.0 Å². The number of amides is 2. The number of alkyl carbamates (subject to hydrolysis) is 1. The van der Waals surface area contributed by atoms with Crippen molar-refractivity contribution in [2.45, 2.75) is 45.1 Å². The van der Waals surface area contributed by atoms with Gasteiger partial charge in [-0.15, -0.1) is 0 Å². The number of piperidine rings is 1. The summed E-state index contributed by atoms with van der Waals surface area (Å²) in [5.41, 5.74) is 2.98. The molecule has 1 N–H and O–H groups in total. The van der Waals surface area contributed by atoms with Crippen LogP contribution in [0.5, 0.6) is 5.75 Å². The smallest absolute Gasteiger partial charge is 0.407 e. The highest BCUT2D eigenvalue weighted by Crippen LogP contribution is 2.35. The zero-order chi connectivity index (χ0) is 28.9. The number of alkyl halides is 2. The van der Waals surface area contributed by atoms with Gasteiger partial charge < -0.3 is 19.7 Å². The molecule has 0 spiro atoms. The minimum Gasteiger partial charge on any atom is -0.491 e. The van der Waals surface area contributed by atoms with E-state index in [0.717, 1.165) is 22.3 Å². The molecule has 0 radical (unpaired) electrons. The topological polar surface area (TPSA) is 67.9 Å². The van der Waals surface area contributed by atoms with Crippen LogP contribution in [-0.4, -0.2) is 54.7 Å². The SMILES string of the molecule is CC(C)(C)OC(=O)NCCOc1ccc(-c2ccc(C(=O)N3CCC(F)(F)CC3)cc2)cc1-c1ccc(F)cc1. The summed E-state index contributed by atoms with van der Waals surface area (Å²) in [6.07, 6.45) is -1.19. The van der Waals surface area contributed by atoms with Gasteiger partial charge in [0.2, 0.25) is 0 Å². The van der Waals surface area contributed by atoms with E-state index in [-0.39, 0.29) is 50.8 Å². The first-order valence-electron chi connectivity index (χ1n) is 13.2. The number of likely N-dealkylation sites (tertiary alicyclic amines) is 1. The number of ether oxygens (including phenoxy) is 2. The van der Waals surface area contributed by atoms with E-state index in [0.29, 0.717) is 11.3 Å². The Morgan fingerprint density at radius 2 is 1.50 bits per heavy atom. The molecule has 9 heteroatoms. The first-order valence-corrected chi connectivity index (χ1v) is 13.2. The molecule has 2 amide bonds. The maximum absolute atomic E-state index is 13.6. The Balaban J connectivity index is 1.49. The van der Waals surface area contributed by atoms with Crippen molar-refractivity contribution in [2.75, 3.05) is 26.2 Å². The van der Waals surface area contributed by atoms with Gasteiger partial charge in [0.1, 0.15) is 23.8 Å². The molecule has 0 aromatic heterocycles. The van der Waals surface area contributed by atoms with Gasteiger partial charge in [0, 0.05) is 37.1 Å². The lowest BCUT2D eigenvalue weighted by Crippen LogP contribution is -2.42. The molecular formula is C31H33F3N2O4. The third-order valence-electron chi connectivity index (χ3n) is 6.41. The summed E-state index contributed by atoms with van der Waals surface area (Å²) in [6.45, 7) is 5.82. The van der Waals surface area contributed by atoms with E-state index in [9.17, 15) is 22.8 Å². The second kappa shape index (κ2) is 12.0. The molecule has 0 atom stereocenters. The van der Waals surface area contributed by atoms with Crippen molar-refractivity contribution in [2.24, 2.45) is 0 Å². The fraction of sp³-hybridized carbons (Fsp3) is 0.355. The summed E-state index contributed by atoms with van der Waals surface area (Å²) in [7, 11) is 0. The summed E-state index contributed by atoms with van der Waals surface area (Å²) in [5, 5.41) is 2.65. The van der Waals surface area contributed by atoms with Gasteiger partial charge in [-0.2, -0.15) is 0 Å². The normalized spacial score (nSPS) is 14.9. The Hall–Kier alpha value is -4.01. The maximum Gasteiger partial charge on any atom is 0.407 e. The fourth-order valence-corrected chi connectivity index (χ4v) is 4.34. The fourth-order valence-electron chi connectivity index (χ4n) is 4.34. The first-order chi connectivity index (χ1) is 18.9. The zero-order valence-corrected chi connectivity index (χ0v) is 22.8. The second-order valence-electron chi connectivity index (χ2n) is 10.7. The number of carbonyl (C=O) groups is 2. The number of benzene rings is 3. The standard InChI is InChI=1S/C31H33F3N2O4/c1-30(2,3)40-29(38)35-16-19-39-27-13-10-24(20-26(27)22-8-11-25(32)12-9-22)21-4-6-23(7-5-21)28(37)36-17-14-31(33,34)15-18-36/h4-13,20H,14-19H2,1-3H3,(H,35,38). The molecular weight excluding hydrogens is 521 g/mol. The molecule has 40 heavy (non-hydrogen) atoms. The number of nitrogens with one attached hydrogen (secondary N) is 1. The van der Waals surface area contributed by atoms with Crippen LogP contribution in [0.15, 0.2) is 66.7 Å². The third-order valence-corrected chi connectivity index (χ3v) is 6.41. The van der Waals surface area contributed by atoms with Crippen molar-refractivity contribution < 1.29 is 32.2 Å². The van der Waals surface area contributed by atoms with Gasteiger partial charge in [0.15, 0.2) is 0 Å². The lowest BCUT2D eigenvalue weighted by molar-refractivity contribution is -0.0494. The van der Waals surface area contributed by atoms with Crippen LogP contribution in [0.25, 0.3) is 22.3 Å². The molecule has 1 fully saturated rings. The van der Waals surface area contributed by atoms with Gasteiger partial charge in [0.25, 0.3) is 11.8 Å². The molecule has 212 valence electrons. The van der Waals surface area contributed by atoms with Crippen LogP contribution in [-0.2, 0) is 4.74 Å². The Labute approximate surface area is 232 Å². The average molecular weight is 555 g/mol. The van der Waals surface area contributed by atoms with Crippen molar-refractivity contribution in [1.29, 1.82) is 0 Å². The van der Waals surface area contributed by atoms with Crippen LogP contribution >= 0.6 is 0 Å². The van der Waals surface area contributed by atoms with Crippen LogP contribution in [0.1, 0.15) is 44.0 Å².